The van der Waals surface area contributed by atoms with Gasteiger partial charge in [-0.1, -0.05) is 30.3 Å². The summed E-state index contributed by atoms with van der Waals surface area (Å²) in [6.07, 6.45) is 1.47. The molecule has 0 spiro atoms. The monoisotopic (exact) mass is 296 g/mol. The molecule has 114 valence electrons. The summed E-state index contributed by atoms with van der Waals surface area (Å²) in [5, 5.41) is 9.09. The Hall–Kier alpha value is -2.33. The fourth-order valence-electron chi connectivity index (χ4n) is 2.57. The van der Waals surface area contributed by atoms with Crippen LogP contribution >= 0.6 is 0 Å². The van der Waals surface area contributed by atoms with Crippen LogP contribution in [0.1, 0.15) is 12.2 Å². The Labute approximate surface area is 130 Å². The zero-order valence-corrected chi connectivity index (χ0v) is 12.5. The Morgan fingerprint density at radius 3 is 2.59 bits per heavy atom. The summed E-state index contributed by atoms with van der Waals surface area (Å²) in [5.41, 5.74) is 2.11. The molecule has 2 aromatic carbocycles. The Morgan fingerprint density at radius 1 is 1.00 bits per heavy atom. The van der Waals surface area contributed by atoms with E-state index in [0.29, 0.717) is 6.61 Å². The van der Waals surface area contributed by atoms with Crippen LogP contribution < -0.4 is 4.74 Å². The molecule has 22 heavy (non-hydrogen) atoms. The Bertz CT molecular complexity index is 722. The highest BCUT2D eigenvalue weighted by Gasteiger charge is 2.10. The minimum Gasteiger partial charge on any atom is -0.493 e. The summed E-state index contributed by atoms with van der Waals surface area (Å²) < 4.78 is 7.94. The van der Waals surface area contributed by atoms with Gasteiger partial charge in [-0.25, -0.2) is 4.98 Å². The number of hydrogen-bond acceptors (Lipinski definition) is 3. The second-order valence-electron chi connectivity index (χ2n) is 5.16. The van der Waals surface area contributed by atoms with Crippen LogP contribution in [0.2, 0.25) is 0 Å². The number of aryl methyl sites for hydroxylation is 1. The van der Waals surface area contributed by atoms with Crippen LogP contribution in [0.25, 0.3) is 11.0 Å². The lowest BCUT2D eigenvalue weighted by molar-refractivity contribution is 0.278. The number of aliphatic hydroxyl groups excluding tert-OH is 1. The molecule has 0 saturated heterocycles. The lowest BCUT2D eigenvalue weighted by Gasteiger charge is -2.09. The summed E-state index contributed by atoms with van der Waals surface area (Å²) in [6, 6.07) is 17.9. The van der Waals surface area contributed by atoms with Gasteiger partial charge in [0.2, 0.25) is 0 Å². The van der Waals surface area contributed by atoms with Gasteiger partial charge in [-0.15, -0.1) is 0 Å². The summed E-state index contributed by atoms with van der Waals surface area (Å²) in [5.74, 6) is 1.88. The fraction of sp³-hybridized carbons (Fsp3) is 0.278. The molecule has 4 heteroatoms. The molecule has 0 fully saturated rings. The van der Waals surface area contributed by atoms with E-state index in [2.05, 4.69) is 10.6 Å². The van der Waals surface area contributed by atoms with Crippen LogP contribution in [0.4, 0.5) is 0 Å². The molecular weight excluding hydrogens is 276 g/mol. The van der Waals surface area contributed by atoms with E-state index in [1.165, 1.54) is 0 Å². The van der Waals surface area contributed by atoms with Crippen molar-refractivity contribution in [1.82, 2.24) is 9.55 Å². The largest absolute Gasteiger partial charge is 0.493 e. The SMILES string of the molecule is OCCCn1c(CCOc2ccccc2)nc2ccccc21. The number of hydrogen-bond donors (Lipinski definition) is 1. The molecule has 0 aliphatic rings. The Morgan fingerprint density at radius 2 is 1.77 bits per heavy atom. The number of rotatable bonds is 7. The van der Waals surface area contributed by atoms with Gasteiger partial charge in [0.05, 0.1) is 17.6 Å². The maximum Gasteiger partial charge on any atom is 0.119 e. The van der Waals surface area contributed by atoms with E-state index in [-0.39, 0.29) is 6.61 Å². The van der Waals surface area contributed by atoms with Crippen molar-refractivity contribution in [2.45, 2.75) is 19.4 Å². The maximum atomic E-state index is 9.09. The third-order valence-electron chi connectivity index (χ3n) is 3.61. The number of para-hydroxylation sites is 3. The van der Waals surface area contributed by atoms with E-state index in [1.54, 1.807) is 0 Å². The highest BCUT2D eigenvalue weighted by Crippen LogP contribution is 2.17. The summed E-state index contributed by atoms with van der Waals surface area (Å²) in [6.45, 7) is 1.55. The second-order valence-corrected chi connectivity index (χ2v) is 5.16. The molecule has 0 amide bonds. The summed E-state index contributed by atoms with van der Waals surface area (Å²) >= 11 is 0. The van der Waals surface area contributed by atoms with E-state index in [0.717, 1.165) is 42.0 Å². The minimum atomic E-state index is 0.187. The molecule has 3 rings (SSSR count). The van der Waals surface area contributed by atoms with E-state index in [1.807, 2.05) is 48.5 Å². The molecule has 0 aliphatic carbocycles. The lowest BCUT2D eigenvalue weighted by Crippen LogP contribution is -2.10. The average molecular weight is 296 g/mol. The van der Waals surface area contributed by atoms with Gasteiger partial charge in [-0.05, 0) is 30.7 Å². The van der Waals surface area contributed by atoms with E-state index in [4.69, 9.17) is 14.8 Å². The van der Waals surface area contributed by atoms with Gasteiger partial charge in [-0.3, -0.25) is 0 Å². The third kappa shape index (κ3) is 3.28. The second kappa shape index (κ2) is 7.09. The molecule has 1 heterocycles. The lowest BCUT2D eigenvalue weighted by atomic mass is 10.3. The molecule has 0 saturated carbocycles. The van der Waals surface area contributed by atoms with Crippen LogP contribution in [-0.4, -0.2) is 27.9 Å². The number of nitrogens with zero attached hydrogens (tertiary/aromatic N) is 2. The van der Waals surface area contributed by atoms with Crippen LogP contribution in [0.3, 0.4) is 0 Å². The van der Waals surface area contributed by atoms with E-state index < -0.39 is 0 Å². The van der Waals surface area contributed by atoms with Crippen LogP contribution in [-0.2, 0) is 13.0 Å². The van der Waals surface area contributed by atoms with Crippen molar-refractivity contribution in [2.75, 3.05) is 13.2 Å². The van der Waals surface area contributed by atoms with E-state index in [9.17, 15) is 0 Å². The molecule has 0 aliphatic heterocycles. The molecule has 3 aromatic rings. The van der Waals surface area contributed by atoms with Gasteiger partial charge in [0, 0.05) is 19.6 Å². The number of imidazole rings is 1. The maximum absolute atomic E-state index is 9.09. The van der Waals surface area contributed by atoms with Crippen molar-refractivity contribution in [3.05, 3.63) is 60.4 Å². The van der Waals surface area contributed by atoms with Gasteiger partial charge in [0.25, 0.3) is 0 Å². The minimum absolute atomic E-state index is 0.187. The van der Waals surface area contributed by atoms with Crippen molar-refractivity contribution >= 4 is 11.0 Å². The predicted octanol–water partition coefficient (Wildman–Crippen LogP) is 3.04. The first-order valence-electron chi connectivity index (χ1n) is 7.61. The molecule has 4 nitrogen and oxygen atoms in total. The van der Waals surface area contributed by atoms with Gasteiger partial charge < -0.3 is 14.4 Å². The first-order valence-corrected chi connectivity index (χ1v) is 7.61. The molecule has 0 atom stereocenters. The van der Waals surface area contributed by atoms with Crippen molar-refractivity contribution in [2.24, 2.45) is 0 Å². The van der Waals surface area contributed by atoms with Gasteiger partial charge in [0.1, 0.15) is 11.6 Å². The van der Waals surface area contributed by atoms with Crippen LogP contribution in [0.15, 0.2) is 54.6 Å². The highest BCUT2D eigenvalue weighted by molar-refractivity contribution is 5.75. The fourth-order valence-corrected chi connectivity index (χ4v) is 2.57. The molecule has 1 aromatic heterocycles. The summed E-state index contributed by atoms with van der Waals surface area (Å²) in [7, 11) is 0. The first kappa shape index (κ1) is 14.6. The smallest absolute Gasteiger partial charge is 0.119 e. The van der Waals surface area contributed by atoms with E-state index >= 15 is 0 Å². The Kier molecular flexibility index (Phi) is 4.71. The summed E-state index contributed by atoms with van der Waals surface area (Å²) in [4.78, 5) is 4.70. The number of aliphatic hydroxyl groups is 1. The number of fused-ring (bicyclic) bond motifs is 1. The van der Waals surface area contributed by atoms with Gasteiger partial charge >= 0.3 is 0 Å². The average Bonchev–Trinajstić information content (AvgIpc) is 2.91. The Balaban J connectivity index is 1.74. The first-order chi connectivity index (χ1) is 10.9. The normalized spacial score (nSPS) is 11.0. The standard InChI is InChI=1S/C18H20N2O2/c21-13-6-12-20-17-10-5-4-9-16(17)19-18(20)11-14-22-15-7-2-1-3-8-15/h1-5,7-10,21H,6,11-14H2. The molecule has 1 N–H and O–H groups in total. The zero-order valence-electron chi connectivity index (χ0n) is 12.5. The van der Waals surface area contributed by atoms with Gasteiger partial charge in [0.15, 0.2) is 0 Å². The molecule has 0 unspecified atom stereocenters. The van der Waals surface area contributed by atoms with Crippen molar-refractivity contribution in [3.63, 3.8) is 0 Å². The van der Waals surface area contributed by atoms with Crippen LogP contribution in [0, 0.1) is 0 Å². The quantitative estimate of drug-likeness (QED) is 0.729. The predicted molar refractivity (Wildman–Crippen MR) is 87.1 cm³/mol. The zero-order chi connectivity index (χ0) is 15.2. The van der Waals surface area contributed by atoms with Crippen molar-refractivity contribution in [1.29, 1.82) is 0 Å². The molecular formula is C18H20N2O2. The van der Waals surface area contributed by atoms with Crippen LogP contribution in [0.5, 0.6) is 5.75 Å². The van der Waals surface area contributed by atoms with Gasteiger partial charge in [-0.2, -0.15) is 0 Å². The number of aromatic nitrogens is 2. The third-order valence-corrected chi connectivity index (χ3v) is 3.61. The number of ether oxygens (including phenoxy) is 1. The van der Waals surface area contributed by atoms with Crippen molar-refractivity contribution in [3.8, 4) is 5.75 Å². The number of benzene rings is 2. The van der Waals surface area contributed by atoms with Crippen molar-refractivity contribution < 1.29 is 9.84 Å². The topological polar surface area (TPSA) is 47.3 Å². The molecule has 0 radical (unpaired) electrons. The molecule has 0 bridgehead atoms. The highest BCUT2D eigenvalue weighted by atomic mass is 16.5.